The van der Waals surface area contributed by atoms with Gasteiger partial charge in [0.25, 0.3) is 5.91 Å². The Hall–Kier alpha value is -4.71. The van der Waals surface area contributed by atoms with E-state index < -0.39 is 41.0 Å². The molecule has 1 unspecified atom stereocenters. The maximum absolute atomic E-state index is 15.5. The van der Waals surface area contributed by atoms with Crippen LogP contribution in [0.2, 0.25) is 0 Å². The second-order valence-electron chi connectivity index (χ2n) is 11.6. The number of aromatic nitrogens is 3. The number of nitrogens with one attached hydrogen (secondary N) is 1. The third kappa shape index (κ3) is 6.02. The van der Waals surface area contributed by atoms with Crippen molar-refractivity contribution in [3.63, 3.8) is 0 Å². The molecule has 5 rings (SSSR count). The van der Waals surface area contributed by atoms with Gasteiger partial charge in [-0.1, -0.05) is 0 Å². The van der Waals surface area contributed by atoms with Crippen LogP contribution >= 0.6 is 0 Å². The Bertz CT molecular complexity index is 1790. The van der Waals surface area contributed by atoms with E-state index in [1.165, 1.54) is 28.8 Å². The number of ketones is 1. The Morgan fingerprint density at radius 3 is 2.50 bits per heavy atom. The smallest absolute Gasteiger partial charge is 0.337 e. The van der Waals surface area contributed by atoms with Gasteiger partial charge in [-0.2, -0.15) is 5.10 Å². The van der Waals surface area contributed by atoms with E-state index in [0.29, 0.717) is 36.1 Å². The van der Waals surface area contributed by atoms with Crippen molar-refractivity contribution in [1.29, 1.82) is 0 Å². The number of carboxylic acid groups (broad SMARTS) is 1. The van der Waals surface area contributed by atoms with Crippen molar-refractivity contribution < 1.29 is 37.7 Å². The number of carbonyl (C=O) groups excluding carboxylic acids is 2. The summed E-state index contributed by atoms with van der Waals surface area (Å²) in [6.07, 6.45) is -0.266. The van der Waals surface area contributed by atoms with Gasteiger partial charge in [-0.15, -0.1) is 0 Å². The molecule has 0 spiro atoms. The summed E-state index contributed by atoms with van der Waals surface area (Å²) in [4.78, 5) is 42.9. The van der Waals surface area contributed by atoms with Crippen molar-refractivity contribution >= 4 is 23.3 Å². The maximum atomic E-state index is 15.5. The van der Waals surface area contributed by atoms with Gasteiger partial charge < -0.3 is 19.9 Å². The molecule has 0 fully saturated rings. The van der Waals surface area contributed by atoms with Gasteiger partial charge in [-0.25, -0.2) is 23.1 Å². The largest absolute Gasteiger partial charge is 0.490 e. The van der Waals surface area contributed by atoms with E-state index in [4.69, 9.17) is 9.47 Å². The van der Waals surface area contributed by atoms with Crippen LogP contribution in [0, 0.1) is 25.5 Å². The lowest BCUT2D eigenvalue weighted by molar-refractivity contribution is -0.160. The highest BCUT2D eigenvalue weighted by molar-refractivity contribution is 6.02. The number of fused-ring (bicyclic) bond motifs is 2. The van der Waals surface area contributed by atoms with Crippen LogP contribution in [-0.2, 0) is 16.0 Å². The number of ether oxygens (including phenoxy) is 2. The van der Waals surface area contributed by atoms with Crippen molar-refractivity contribution in [3.8, 4) is 17.0 Å². The quantitative estimate of drug-likeness (QED) is 0.263. The van der Waals surface area contributed by atoms with Crippen molar-refractivity contribution in [3.05, 3.63) is 81.7 Å². The van der Waals surface area contributed by atoms with Crippen LogP contribution in [0.1, 0.15) is 76.5 Å². The molecule has 0 bridgehead atoms. The highest BCUT2D eigenvalue weighted by atomic mass is 19.1. The molecule has 10 nitrogen and oxygen atoms in total. The lowest BCUT2D eigenvalue weighted by Gasteiger charge is -2.28. The molecule has 1 aliphatic rings. The van der Waals surface area contributed by atoms with Gasteiger partial charge in [0.2, 0.25) is 0 Å². The third-order valence-corrected chi connectivity index (χ3v) is 7.29. The first-order chi connectivity index (χ1) is 20.7. The summed E-state index contributed by atoms with van der Waals surface area (Å²) in [5, 5.41) is 17.3. The summed E-state index contributed by atoms with van der Waals surface area (Å²) in [5.74, 6) is -3.36. The molecule has 230 valence electrons. The number of aryl methyl sites for hydroxylation is 1. The summed E-state index contributed by atoms with van der Waals surface area (Å²) in [6.45, 7) is 8.57. The van der Waals surface area contributed by atoms with E-state index in [2.05, 4.69) is 15.4 Å². The standard InChI is InChI=1S/C32H32F2N4O6/c1-16-20-7-6-12-43-28(20)22(34)13-21(16)27-26(29(31(41)42)44-32(3,4)5)17(2)36-25-14-23(37-38(25)27)30(40)35-15-24(39)18-8-10-19(33)11-9-18/h8-11,13-14,29H,6-7,12,15H2,1-5H3,(H,35,40)(H,41,42). The fourth-order valence-corrected chi connectivity index (χ4v) is 5.30. The predicted octanol–water partition coefficient (Wildman–Crippen LogP) is 5.17. The predicted molar refractivity (Wildman–Crippen MR) is 156 cm³/mol. The minimum absolute atomic E-state index is 0.106. The van der Waals surface area contributed by atoms with Gasteiger partial charge in [0.15, 0.2) is 34.8 Å². The first-order valence-electron chi connectivity index (χ1n) is 14.1. The molecular weight excluding hydrogens is 574 g/mol. The number of hydrogen-bond acceptors (Lipinski definition) is 7. The van der Waals surface area contributed by atoms with Crippen molar-refractivity contribution in [2.45, 2.75) is 59.2 Å². The van der Waals surface area contributed by atoms with Gasteiger partial charge in [0, 0.05) is 34.0 Å². The average molecular weight is 607 g/mol. The van der Waals surface area contributed by atoms with Crippen LogP contribution in [0.15, 0.2) is 36.4 Å². The minimum Gasteiger partial charge on any atom is -0.490 e. The van der Waals surface area contributed by atoms with E-state index in [1.54, 1.807) is 34.6 Å². The second kappa shape index (κ2) is 11.8. The van der Waals surface area contributed by atoms with Crippen LogP contribution < -0.4 is 10.1 Å². The van der Waals surface area contributed by atoms with Gasteiger partial charge in [-0.3, -0.25) is 9.59 Å². The molecule has 2 aromatic carbocycles. The number of nitrogens with zero attached hydrogens (tertiary/aromatic N) is 3. The number of carbonyl (C=O) groups is 3. The molecule has 3 heterocycles. The zero-order valence-electron chi connectivity index (χ0n) is 25.0. The molecule has 44 heavy (non-hydrogen) atoms. The number of halogens is 2. The molecule has 2 aromatic heterocycles. The van der Waals surface area contributed by atoms with Gasteiger partial charge in [0.1, 0.15) is 5.82 Å². The molecule has 0 radical (unpaired) electrons. The summed E-state index contributed by atoms with van der Waals surface area (Å²) in [5.41, 5.74) is 1.76. The van der Waals surface area contributed by atoms with Crippen molar-refractivity contribution in [2.24, 2.45) is 0 Å². The first kappa shape index (κ1) is 30.7. The Morgan fingerprint density at radius 1 is 1.14 bits per heavy atom. The summed E-state index contributed by atoms with van der Waals surface area (Å²) < 4.78 is 41.6. The Balaban J connectivity index is 1.65. The molecule has 0 saturated heterocycles. The van der Waals surface area contributed by atoms with Crippen LogP contribution in [0.25, 0.3) is 16.9 Å². The van der Waals surface area contributed by atoms with Crippen LogP contribution in [-0.4, -0.2) is 56.1 Å². The summed E-state index contributed by atoms with van der Waals surface area (Å²) in [7, 11) is 0. The molecule has 4 aromatic rings. The van der Waals surface area contributed by atoms with Crippen molar-refractivity contribution in [1.82, 2.24) is 19.9 Å². The molecule has 1 amide bonds. The van der Waals surface area contributed by atoms with Gasteiger partial charge >= 0.3 is 5.97 Å². The van der Waals surface area contributed by atoms with Gasteiger partial charge in [-0.05, 0) is 83.4 Å². The van der Waals surface area contributed by atoms with E-state index in [9.17, 15) is 23.9 Å². The molecule has 1 aliphatic heterocycles. The number of benzene rings is 2. The molecular formula is C32H32F2N4O6. The fourth-order valence-electron chi connectivity index (χ4n) is 5.30. The third-order valence-electron chi connectivity index (χ3n) is 7.29. The Kier molecular flexibility index (Phi) is 8.21. The van der Waals surface area contributed by atoms with Gasteiger partial charge in [0.05, 0.1) is 24.4 Å². The summed E-state index contributed by atoms with van der Waals surface area (Å²) >= 11 is 0. The number of amides is 1. The zero-order valence-corrected chi connectivity index (χ0v) is 25.0. The lowest BCUT2D eigenvalue weighted by atomic mass is 9.91. The molecule has 12 heteroatoms. The monoisotopic (exact) mass is 606 g/mol. The number of carboxylic acids is 1. The van der Waals surface area contributed by atoms with Crippen molar-refractivity contribution in [2.75, 3.05) is 13.2 Å². The normalized spacial score (nSPS) is 13.7. The second-order valence-corrected chi connectivity index (χ2v) is 11.6. The number of hydrogen-bond donors (Lipinski definition) is 2. The number of rotatable bonds is 8. The first-order valence-corrected chi connectivity index (χ1v) is 14.1. The van der Waals surface area contributed by atoms with Crippen LogP contribution in [0.4, 0.5) is 8.78 Å². The van der Waals surface area contributed by atoms with E-state index >= 15 is 4.39 Å². The average Bonchev–Trinajstić information content (AvgIpc) is 3.39. The number of Topliss-reactive ketones (excluding diaryl/α,β-unsaturated/α-hetero) is 1. The maximum Gasteiger partial charge on any atom is 0.337 e. The van der Waals surface area contributed by atoms with Crippen LogP contribution in [0.3, 0.4) is 0 Å². The SMILES string of the molecule is Cc1nc2cc(C(=O)NCC(=O)c3ccc(F)cc3)nn2c(-c2cc(F)c3c(c2C)CCCO3)c1C(OC(C)(C)C)C(=O)O. The highest BCUT2D eigenvalue weighted by Crippen LogP contribution is 2.41. The van der Waals surface area contributed by atoms with E-state index in [1.807, 2.05) is 0 Å². The van der Waals surface area contributed by atoms with E-state index in [0.717, 1.165) is 12.1 Å². The number of aliphatic carboxylic acids is 1. The van der Waals surface area contributed by atoms with Crippen LogP contribution in [0.5, 0.6) is 5.75 Å². The zero-order chi connectivity index (χ0) is 31.9. The lowest BCUT2D eigenvalue weighted by Crippen LogP contribution is -2.30. The Morgan fingerprint density at radius 2 is 1.84 bits per heavy atom. The fraction of sp³-hybridized carbons (Fsp3) is 0.344. The minimum atomic E-state index is -1.51. The molecule has 0 saturated carbocycles. The molecule has 0 aliphatic carbocycles. The highest BCUT2D eigenvalue weighted by Gasteiger charge is 2.35. The topological polar surface area (TPSA) is 132 Å². The molecule has 2 N–H and O–H groups in total. The van der Waals surface area contributed by atoms with E-state index in [-0.39, 0.29) is 46.2 Å². The summed E-state index contributed by atoms with van der Waals surface area (Å²) in [6, 6.07) is 7.60. The Labute approximate surface area is 252 Å². The molecule has 1 atom stereocenters.